The number of anilines is 1. The number of hydrogen-bond acceptors (Lipinski definition) is 4. The molecule has 0 fully saturated rings. The van der Waals surface area contributed by atoms with Gasteiger partial charge in [0.1, 0.15) is 17.0 Å². The zero-order valence-electron chi connectivity index (χ0n) is 12.3. The van der Waals surface area contributed by atoms with Crippen LogP contribution in [0.25, 0.3) is 11.3 Å². The van der Waals surface area contributed by atoms with Crippen LogP contribution in [-0.2, 0) is 4.74 Å². The summed E-state index contributed by atoms with van der Waals surface area (Å²) in [6.45, 7) is 5.42. The summed E-state index contributed by atoms with van der Waals surface area (Å²) >= 11 is 0. The van der Waals surface area contributed by atoms with Gasteiger partial charge in [-0.1, -0.05) is 12.1 Å². The second-order valence-corrected chi connectivity index (χ2v) is 5.58. The molecular formula is C16H18N2O3. The summed E-state index contributed by atoms with van der Waals surface area (Å²) in [6, 6.07) is 10.2. The van der Waals surface area contributed by atoms with Gasteiger partial charge in [0, 0.05) is 17.4 Å². The zero-order valence-corrected chi connectivity index (χ0v) is 12.3. The summed E-state index contributed by atoms with van der Waals surface area (Å²) in [5.74, 6) is 0.116. The van der Waals surface area contributed by atoms with E-state index < -0.39 is 11.7 Å². The molecule has 2 N–H and O–H groups in total. The monoisotopic (exact) mass is 286 g/mol. The van der Waals surface area contributed by atoms with Gasteiger partial charge in [-0.05, 0) is 45.0 Å². The Morgan fingerprint density at radius 3 is 2.43 bits per heavy atom. The summed E-state index contributed by atoms with van der Waals surface area (Å²) < 4.78 is 5.17. The summed E-state index contributed by atoms with van der Waals surface area (Å²) in [5.41, 5.74) is 1.34. The standard InChI is InChI=1S/C16H18N2O3/c1-16(2,3)21-15(20)18-12-8-6-11(7-9-12)14-13(19)5-4-10-17-14/h4-10,19H,1-3H3,(H,18,20). The van der Waals surface area contributed by atoms with Crippen molar-refractivity contribution in [1.82, 2.24) is 4.98 Å². The predicted octanol–water partition coefficient (Wildman–Crippen LogP) is 3.80. The number of hydrogen-bond donors (Lipinski definition) is 2. The first-order chi connectivity index (χ1) is 9.85. The molecule has 0 aliphatic rings. The van der Waals surface area contributed by atoms with Crippen LogP contribution in [-0.4, -0.2) is 21.8 Å². The van der Waals surface area contributed by atoms with Gasteiger partial charge in [-0.25, -0.2) is 4.79 Å². The first kappa shape index (κ1) is 14.8. The van der Waals surface area contributed by atoms with Crippen LogP contribution in [0.1, 0.15) is 20.8 Å². The number of ether oxygens (including phenoxy) is 1. The number of nitrogens with zero attached hydrogens (tertiary/aromatic N) is 1. The van der Waals surface area contributed by atoms with E-state index in [1.54, 1.807) is 63.4 Å². The lowest BCUT2D eigenvalue weighted by molar-refractivity contribution is 0.0636. The van der Waals surface area contributed by atoms with E-state index in [2.05, 4.69) is 10.3 Å². The molecule has 2 aromatic rings. The molecule has 21 heavy (non-hydrogen) atoms. The molecule has 110 valence electrons. The van der Waals surface area contributed by atoms with Gasteiger partial charge < -0.3 is 9.84 Å². The van der Waals surface area contributed by atoms with Crippen molar-refractivity contribution in [3.63, 3.8) is 0 Å². The molecule has 0 saturated heterocycles. The number of benzene rings is 1. The molecule has 0 spiro atoms. The van der Waals surface area contributed by atoms with Gasteiger partial charge in [-0.3, -0.25) is 10.3 Å². The lowest BCUT2D eigenvalue weighted by atomic mass is 10.1. The number of aromatic hydroxyl groups is 1. The first-order valence-electron chi connectivity index (χ1n) is 6.59. The SMILES string of the molecule is CC(C)(C)OC(=O)Nc1ccc(-c2ncccc2O)cc1. The van der Waals surface area contributed by atoms with Crippen molar-refractivity contribution >= 4 is 11.8 Å². The van der Waals surface area contributed by atoms with Crippen LogP contribution >= 0.6 is 0 Å². The van der Waals surface area contributed by atoms with Gasteiger partial charge >= 0.3 is 6.09 Å². The second-order valence-electron chi connectivity index (χ2n) is 5.58. The largest absolute Gasteiger partial charge is 0.506 e. The maximum Gasteiger partial charge on any atom is 0.412 e. The Bertz CT molecular complexity index is 631. The molecule has 1 aromatic heterocycles. The van der Waals surface area contributed by atoms with Crippen molar-refractivity contribution in [2.45, 2.75) is 26.4 Å². The number of carbonyl (C=O) groups is 1. The first-order valence-corrected chi connectivity index (χ1v) is 6.59. The van der Waals surface area contributed by atoms with Gasteiger partial charge in [-0.2, -0.15) is 0 Å². The Labute approximate surface area is 123 Å². The van der Waals surface area contributed by atoms with E-state index in [0.717, 1.165) is 5.56 Å². The fourth-order valence-corrected chi connectivity index (χ4v) is 1.75. The lowest BCUT2D eigenvalue weighted by Gasteiger charge is -2.19. The number of rotatable bonds is 2. The Hall–Kier alpha value is -2.56. The maximum atomic E-state index is 11.7. The third-order valence-electron chi connectivity index (χ3n) is 2.59. The van der Waals surface area contributed by atoms with Gasteiger partial charge in [-0.15, -0.1) is 0 Å². The van der Waals surface area contributed by atoms with Crippen LogP contribution in [0.5, 0.6) is 5.75 Å². The minimum atomic E-state index is -0.538. The zero-order chi connectivity index (χ0) is 15.5. The van der Waals surface area contributed by atoms with Gasteiger partial charge in [0.2, 0.25) is 0 Å². The van der Waals surface area contributed by atoms with Crippen LogP contribution in [0.3, 0.4) is 0 Å². The van der Waals surface area contributed by atoms with Crippen molar-refractivity contribution < 1.29 is 14.6 Å². The summed E-state index contributed by atoms with van der Waals surface area (Å²) in [7, 11) is 0. The molecule has 1 heterocycles. The van der Waals surface area contributed by atoms with E-state index >= 15 is 0 Å². The van der Waals surface area contributed by atoms with Crippen LogP contribution in [0.2, 0.25) is 0 Å². The van der Waals surface area contributed by atoms with E-state index in [1.165, 1.54) is 0 Å². The van der Waals surface area contributed by atoms with Crippen LogP contribution in [0.15, 0.2) is 42.6 Å². The molecule has 0 radical (unpaired) electrons. The quantitative estimate of drug-likeness (QED) is 0.880. The number of pyridine rings is 1. The predicted molar refractivity (Wildman–Crippen MR) is 81.2 cm³/mol. The highest BCUT2D eigenvalue weighted by Gasteiger charge is 2.16. The lowest BCUT2D eigenvalue weighted by Crippen LogP contribution is -2.27. The molecular weight excluding hydrogens is 268 g/mol. The molecule has 5 heteroatoms. The highest BCUT2D eigenvalue weighted by Crippen LogP contribution is 2.27. The number of nitrogens with one attached hydrogen (secondary N) is 1. The van der Waals surface area contributed by atoms with Gasteiger partial charge in [0.15, 0.2) is 0 Å². The number of amides is 1. The summed E-state index contributed by atoms with van der Waals surface area (Å²) in [6.07, 6.45) is 1.11. The topological polar surface area (TPSA) is 71.5 Å². The molecule has 0 bridgehead atoms. The molecule has 1 aromatic carbocycles. The van der Waals surface area contributed by atoms with Gasteiger partial charge in [0.25, 0.3) is 0 Å². The minimum Gasteiger partial charge on any atom is -0.506 e. The Morgan fingerprint density at radius 2 is 1.86 bits per heavy atom. The van der Waals surface area contributed by atoms with Crippen molar-refractivity contribution in [3.8, 4) is 17.0 Å². The van der Waals surface area contributed by atoms with E-state index in [1.807, 2.05) is 0 Å². The van der Waals surface area contributed by atoms with Gasteiger partial charge in [0.05, 0.1) is 0 Å². The van der Waals surface area contributed by atoms with Crippen molar-refractivity contribution in [2.75, 3.05) is 5.32 Å². The van der Waals surface area contributed by atoms with E-state index in [-0.39, 0.29) is 5.75 Å². The molecule has 0 atom stereocenters. The molecule has 5 nitrogen and oxygen atoms in total. The Morgan fingerprint density at radius 1 is 1.19 bits per heavy atom. The highest BCUT2D eigenvalue weighted by atomic mass is 16.6. The highest BCUT2D eigenvalue weighted by molar-refractivity contribution is 5.85. The third-order valence-corrected chi connectivity index (χ3v) is 2.59. The molecule has 0 aliphatic carbocycles. The van der Waals surface area contributed by atoms with E-state index in [9.17, 15) is 9.90 Å². The number of carbonyl (C=O) groups excluding carboxylic acids is 1. The third kappa shape index (κ3) is 4.21. The Kier molecular flexibility index (Phi) is 4.12. The minimum absolute atomic E-state index is 0.116. The van der Waals surface area contributed by atoms with Crippen molar-refractivity contribution in [3.05, 3.63) is 42.6 Å². The van der Waals surface area contributed by atoms with Crippen molar-refractivity contribution in [2.24, 2.45) is 0 Å². The molecule has 0 saturated carbocycles. The van der Waals surface area contributed by atoms with Crippen molar-refractivity contribution in [1.29, 1.82) is 0 Å². The number of aromatic nitrogens is 1. The van der Waals surface area contributed by atoms with Crippen LogP contribution < -0.4 is 5.32 Å². The molecule has 0 aliphatic heterocycles. The van der Waals surface area contributed by atoms with Crippen LogP contribution in [0, 0.1) is 0 Å². The molecule has 2 rings (SSSR count). The molecule has 1 amide bonds. The van der Waals surface area contributed by atoms with Crippen LogP contribution in [0.4, 0.5) is 10.5 Å². The smallest absolute Gasteiger partial charge is 0.412 e. The Balaban J connectivity index is 2.10. The van der Waals surface area contributed by atoms with E-state index in [0.29, 0.717) is 11.4 Å². The fraction of sp³-hybridized carbons (Fsp3) is 0.250. The average Bonchev–Trinajstić information content (AvgIpc) is 2.38. The maximum absolute atomic E-state index is 11.7. The second kappa shape index (κ2) is 5.83. The van der Waals surface area contributed by atoms with E-state index in [4.69, 9.17) is 4.74 Å². The average molecular weight is 286 g/mol. The normalized spacial score (nSPS) is 11.0. The molecule has 0 unspecified atom stereocenters. The fourth-order valence-electron chi connectivity index (χ4n) is 1.75. The summed E-state index contributed by atoms with van der Waals surface area (Å²) in [5, 5.41) is 12.4. The summed E-state index contributed by atoms with van der Waals surface area (Å²) in [4.78, 5) is 15.8.